The second-order valence-corrected chi connectivity index (χ2v) is 7.99. The molecule has 0 amide bonds. The van der Waals surface area contributed by atoms with Gasteiger partial charge in [0.25, 0.3) is 11.2 Å². The van der Waals surface area contributed by atoms with Crippen LogP contribution in [0.5, 0.6) is 17.5 Å². The number of aryl methyl sites for hydroxylation is 1. The van der Waals surface area contributed by atoms with Crippen LogP contribution in [-0.4, -0.2) is 27.0 Å². The van der Waals surface area contributed by atoms with Crippen molar-refractivity contribution in [3.8, 4) is 17.5 Å². The monoisotopic (exact) mass is 510 g/mol. The Bertz CT molecular complexity index is 1490. The zero-order chi connectivity index (χ0) is 25.3. The summed E-state index contributed by atoms with van der Waals surface area (Å²) in [6.45, 7) is 0.194. The summed E-state index contributed by atoms with van der Waals surface area (Å²) < 4.78 is 51.5. The number of alkyl halides is 3. The van der Waals surface area contributed by atoms with Crippen molar-refractivity contribution in [3.05, 3.63) is 80.0 Å². The van der Waals surface area contributed by atoms with E-state index in [1.165, 1.54) is 28.3 Å². The zero-order valence-corrected chi connectivity index (χ0v) is 19.1. The molecule has 0 aliphatic heterocycles. The lowest BCUT2D eigenvalue weighted by Crippen LogP contribution is -2.46. The van der Waals surface area contributed by atoms with Gasteiger partial charge in [0.15, 0.2) is 0 Å². The number of nitrogens with two attached hydrogens (primary N) is 1. The maximum atomic E-state index is 13.3. The minimum atomic E-state index is -4.87. The average Bonchev–Trinajstić information content (AvgIpc) is 3.14. The van der Waals surface area contributed by atoms with Crippen molar-refractivity contribution in [1.29, 1.82) is 0 Å². The Balaban J connectivity index is 1.88. The highest BCUT2D eigenvalue weighted by atomic mass is 35.5. The summed E-state index contributed by atoms with van der Waals surface area (Å²) >= 11 is 5.97. The fourth-order valence-electron chi connectivity index (χ4n) is 3.58. The molecular weight excluding hydrogens is 491 g/mol. The van der Waals surface area contributed by atoms with Crippen LogP contribution in [0, 0.1) is 0 Å². The van der Waals surface area contributed by atoms with E-state index in [4.69, 9.17) is 22.1 Å². The first kappa shape index (κ1) is 24.4. The fourth-order valence-corrected chi connectivity index (χ4v) is 3.71. The Hall–Kier alpha value is -3.77. The quantitative estimate of drug-likeness (QED) is 0.372. The van der Waals surface area contributed by atoms with E-state index in [1.54, 1.807) is 24.3 Å². The van der Waals surface area contributed by atoms with Crippen molar-refractivity contribution >= 4 is 22.8 Å². The first-order chi connectivity index (χ1) is 16.6. The van der Waals surface area contributed by atoms with Crippen LogP contribution in [0.2, 0.25) is 5.02 Å². The first-order valence-corrected chi connectivity index (χ1v) is 10.7. The number of nitrogens with zero attached hydrogens (tertiary/aromatic N) is 3. The minimum Gasteiger partial charge on any atom is -0.406 e. The van der Waals surface area contributed by atoms with E-state index in [1.807, 2.05) is 0 Å². The van der Waals surface area contributed by atoms with E-state index in [2.05, 4.69) is 9.72 Å². The normalized spacial score (nSPS) is 11.7. The predicted molar refractivity (Wildman–Crippen MR) is 121 cm³/mol. The maximum absolute atomic E-state index is 13.3. The van der Waals surface area contributed by atoms with Crippen molar-refractivity contribution in [2.45, 2.75) is 19.5 Å². The van der Waals surface area contributed by atoms with Gasteiger partial charge in [-0.1, -0.05) is 29.8 Å². The number of ether oxygens (including phenoxy) is 2. The lowest BCUT2D eigenvalue weighted by molar-refractivity contribution is -0.667. The number of fused-ring (bicyclic) bond motifs is 1. The molecule has 0 unspecified atom stereocenters. The number of nitrogens with one attached hydrogen (secondary N) is 1. The lowest BCUT2D eigenvalue weighted by Gasteiger charge is -2.09. The molecule has 0 saturated carbocycles. The highest BCUT2D eigenvalue weighted by Gasteiger charge is 2.32. The smallest absolute Gasteiger partial charge is 0.406 e. The molecule has 184 valence electrons. The minimum absolute atomic E-state index is 0.000584. The average molecular weight is 511 g/mol. The second-order valence-electron chi connectivity index (χ2n) is 7.55. The van der Waals surface area contributed by atoms with E-state index in [9.17, 15) is 22.8 Å². The Morgan fingerprint density at radius 2 is 1.80 bits per heavy atom. The van der Waals surface area contributed by atoms with Crippen LogP contribution in [0.25, 0.3) is 11.2 Å². The van der Waals surface area contributed by atoms with Crippen LogP contribution in [0.4, 0.5) is 13.2 Å². The zero-order valence-electron chi connectivity index (χ0n) is 18.3. The van der Waals surface area contributed by atoms with Crippen molar-refractivity contribution in [1.82, 2.24) is 14.1 Å². The molecule has 3 N–H and O–H groups in total. The van der Waals surface area contributed by atoms with Crippen molar-refractivity contribution < 1.29 is 27.2 Å². The molecule has 35 heavy (non-hydrogen) atoms. The van der Waals surface area contributed by atoms with Gasteiger partial charge in [-0.25, -0.2) is 4.79 Å². The van der Waals surface area contributed by atoms with Crippen LogP contribution >= 0.6 is 11.6 Å². The molecule has 0 spiro atoms. The molecule has 4 rings (SSSR count). The van der Waals surface area contributed by atoms with E-state index in [-0.39, 0.29) is 42.6 Å². The highest BCUT2D eigenvalue weighted by Crippen LogP contribution is 2.28. The number of hydrogen-bond donors (Lipinski definition) is 2. The molecule has 4 aromatic rings. The van der Waals surface area contributed by atoms with E-state index >= 15 is 0 Å². The summed E-state index contributed by atoms with van der Waals surface area (Å²) in [6, 6.07) is 11.8. The van der Waals surface area contributed by atoms with Gasteiger partial charge in [-0.15, -0.1) is 13.2 Å². The van der Waals surface area contributed by atoms with E-state index in [0.29, 0.717) is 5.02 Å². The molecule has 13 heteroatoms. The Labute approximate surface area is 200 Å². The molecule has 9 nitrogen and oxygen atoms in total. The number of hydrogen-bond acceptors (Lipinski definition) is 5. The van der Waals surface area contributed by atoms with Gasteiger partial charge in [0.2, 0.25) is 0 Å². The van der Waals surface area contributed by atoms with Crippen LogP contribution in [0.3, 0.4) is 0 Å². The fraction of sp³-hybridized carbons (Fsp3) is 0.227. The number of aromatic amines is 1. The maximum Gasteiger partial charge on any atom is 0.573 e. The number of aromatic nitrogens is 4. The molecule has 2 aromatic carbocycles. The summed E-state index contributed by atoms with van der Waals surface area (Å²) in [5.74, 6) is -0.469. The van der Waals surface area contributed by atoms with Crippen molar-refractivity contribution in [2.75, 3.05) is 6.54 Å². The van der Waals surface area contributed by atoms with Crippen LogP contribution in [-0.2, 0) is 20.1 Å². The van der Waals surface area contributed by atoms with Crippen LogP contribution in [0.15, 0.2) is 58.1 Å². The van der Waals surface area contributed by atoms with Crippen molar-refractivity contribution in [3.63, 3.8) is 0 Å². The van der Waals surface area contributed by atoms with Gasteiger partial charge in [0, 0.05) is 31.2 Å². The number of H-pyrrole nitrogens is 1. The molecule has 2 aromatic heterocycles. The molecule has 0 atom stereocenters. The molecule has 0 saturated heterocycles. The standard InChI is InChI=1S/C22H19ClF3N5O4/c1-29-18-17(19(32)30(10-9-27)21(29)33)31(12-13-5-7-14(23)8-6-13)20(28-18)34-15-3-2-4-16(11-15)35-22(24,25)26/h2-8,11H,9-10,12,27H2,1H3/p+1. The van der Waals surface area contributed by atoms with Gasteiger partial charge in [-0.2, -0.15) is 9.55 Å². The Morgan fingerprint density at radius 1 is 1.11 bits per heavy atom. The lowest BCUT2D eigenvalue weighted by atomic mass is 10.2. The first-order valence-electron chi connectivity index (χ1n) is 10.3. The third-order valence-corrected chi connectivity index (χ3v) is 5.38. The summed E-state index contributed by atoms with van der Waals surface area (Å²) in [7, 11) is 1.47. The van der Waals surface area contributed by atoms with Gasteiger partial charge >= 0.3 is 23.6 Å². The van der Waals surface area contributed by atoms with Crippen molar-refractivity contribution in [2.24, 2.45) is 12.8 Å². The van der Waals surface area contributed by atoms with Gasteiger partial charge in [0.05, 0.1) is 0 Å². The summed E-state index contributed by atoms with van der Waals surface area (Å²) in [5.41, 5.74) is 5.44. The predicted octanol–water partition coefficient (Wildman–Crippen LogP) is 2.67. The van der Waals surface area contributed by atoms with Crippen LogP contribution in [0.1, 0.15) is 5.56 Å². The van der Waals surface area contributed by atoms with E-state index < -0.39 is 23.4 Å². The third-order valence-electron chi connectivity index (χ3n) is 5.13. The number of imidazole rings is 1. The summed E-state index contributed by atoms with van der Waals surface area (Å²) in [5, 5.41) is 0.517. The van der Waals surface area contributed by atoms with Gasteiger partial charge < -0.3 is 15.2 Å². The van der Waals surface area contributed by atoms with Crippen LogP contribution < -0.4 is 31.0 Å². The highest BCUT2D eigenvalue weighted by molar-refractivity contribution is 6.30. The number of rotatable bonds is 7. The molecule has 0 radical (unpaired) electrons. The number of benzene rings is 2. The van der Waals surface area contributed by atoms with Gasteiger partial charge in [0.1, 0.15) is 18.0 Å². The largest absolute Gasteiger partial charge is 0.573 e. The molecule has 2 heterocycles. The molecule has 0 aliphatic rings. The van der Waals surface area contributed by atoms with Gasteiger partial charge in [-0.05, 0) is 29.8 Å². The van der Waals surface area contributed by atoms with E-state index in [0.717, 1.165) is 22.3 Å². The SMILES string of the molecule is Cn1c(=O)n(CCN)c(=O)c2c1[nH]c(Oc1cccc(OC(F)(F)F)c1)[n+]2Cc1ccc(Cl)cc1. The number of halogens is 4. The van der Waals surface area contributed by atoms with Gasteiger partial charge in [-0.3, -0.25) is 13.9 Å². The molecule has 0 fully saturated rings. The summed E-state index contributed by atoms with van der Waals surface area (Å²) in [6.07, 6.45) is -4.87. The molecular formula is C22H20ClF3N5O4+. The third kappa shape index (κ3) is 5.17. The topological polar surface area (TPSA) is 108 Å². The Morgan fingerprint density at radius 3 is 2.46 bits per heavy atom. The summed E-state index contributed by atoms with van der Waals surface area (Å²) in [4.78, 5) is 28.9. The Kier molecular flexibility index (Phi) is 6.59. The molecule has 0 aliphatic carbocycles. The second kappa shape index (κ2) is 9.47. The molecule has 0 bridgehead atoms.